The molecule has 0 aliphatic heterocycles. The summed E-state index contributed by atoms with van der Waals surface area (Å²) < 4.78 is 5.85. The number of halogens is 1. The van der Waals surface area contributed by atoms with Crippen LogP contribution in [0.15, 0.2) is 40.2 Å². The molecule has 3 heterocycles. The van der Waals surface area contributed by atoms with Crippen LogP contribution in [-0.4, -0.2) is 25.3 Å². The minimum atomic E-state index is 0.120. The topological polar surface area (TPSA) is 78.9 Å². The molecular weight excluding hydrogens is 326 g/mol. The number of aromatic nitrogens is 5. The number of hydrogen-bond donors (Lipinski definition) is 0. The van der Waals surface area contributed by atoms with Crippen LogP contribution in [0.25, 0.3) is 22.5 Å². The van der Waals surface area contributed by atoms with Crippen molar-refractivity contribution in [2.45, 2.75) is 6.61 Å². The van der Waals surface area contributed by atoms with Gasteiger partial charge >= 0.3 is 0 Å². The van der Waals surface area contributed by atoms with E-state index >= 15 is 0 Å². The molecule has 3 aromatic heterocycles. The Kier molecular flexibility index (Phi) is 3.24. The van der Waals surface area contributed by atoms with Crippen molar-refractivity contribution in [1.82, 2.24) is 25.3 Å². The Morgan fingerprint density at radius 3 is 3.09 bits per heavy atom. The Morgan fingerprint density at radius 1 is 1.32 bits per heavy atom. The van der Waals surface area contributed by atoms with Crippen LogP contribution in [0.1, 0.15) is 5.82 Å². The van der Waals surface area contributed by atoms with E-state index in [0.717, 1.165) is 16.6 Å². The monoisotopic (exact) mass is 333 g/mol. The predicted molar refractivity (Wildman–Crippen MR) is 80.4 cm³/mol. The van der Waals surface area contributed by atoms with Gasteiger partial charge in [0.15, 0.2) is 6.61 Å². The Balaban J connectivity index is 1.51. The Hall–Kier alpha value is -2.45. The van der Waals surface area contributed by atoms with E-state index in [4.69, 9.17) is 21.0 Å². The van der Waals surface area contributed by atoms with Crippen LogP contribution in [0.3, 0.4) is 0 Å². The van der Waals surface area contributed by atoms with Crippen molar-refractivity contribution < 1.29 is 9.36 Å². The number of fused-ring (bicyclic) bond motifs is 1. The molecule has 1 aromatic carbocycles. The highest BCUT2D eigenvalue weighted by molar-refractivity contribution is 7.14. The molecule has 0 aliphatic carbocycles. The smallest absolute Gasteiger partial charge is 0.258 e. The van der Waals surface area contributed by atoms with Crippen LogP contribution in [-0.2, 0) is 6.61 Å². The lowest BCUT2D eigenvalue weighted by atomic mass is 10.3. The van der Waals surface area contributed by atoms with Gasteiger partial charge in [-0.1, -0.05) is 33.7 Å². The van der Waals surface area contributed by atoms with E-state index in [9.17, 15) is 0 Å². The van der Waals surface area contributed by atoms with Gasteiger partial charge in [0.05, 0.1) is 9.90 Å². The zero-order chi connectivity index (χ0) is 14.9. The van der Waals surface area contributed by atoms with Gasteiger partial charge in [-0.05, 0) is 23.4 Å². The molecule has 0 bridgehead atoms. The lowest BCUT2D eigenvalue weighted by Gasteiger charge is -2.01. The summed E-state index contributed by atoms with van der Waals surface area (Å²) in [6, 6.07) is 9.27. The summed E-state index contributed by atoms with van der Waals surface area (Å²) in [5.41, 5.74) is 2.32. The fourth-order valence-electron chi connectivity index (χ4n) is 1.91. The third-order valence-corrected chi connectivity index (χ3v) is 4.01. The maximum absolute atomic E-state index is 5.89. The van der Waals surface area contributed by atoms with Gasteiger partial charge in [0.2, 0.25) is 5.82 Å². The number of hydrogen-bond acceptors (Lipinski definition) is 7. The van der Waals surface area contributed by atoms with Gasteiger partial charge in [-0.15, -0.1) is 16.4 Å². The second-order valence-electron chi connectivity index (χ2n) is 4.38. The molecule has 0 N–H and O–H groups in total. The van der Waals surface area contributed by atoms with Gasteiger partial charge in [-0.3, -0.25) is 0 Å². The van der Waals surface area contributed by atoms with Crippen molar-refractivity contribution in [1.29, 1.82) is 0 Å². The lowest BCUT2D eigenvalue weighted by Crippen LogP contribution is -2.13. The van der Waals surface area contributed by atoms with Crippen LogP contribution in [0.4, 0.5) is 0 Å². The van der Waals surface area contributed by atoms with E-state index in [-0.39, 0.29) is 6.61 Å². The largest absolute Gasteiger partial charge is 0.387 e. The first-order chi connectivity index (χ1) is 10.8. The van der Waals surface area contributed by atoms with Crippen LogP contribution in [0.2, 0.25) is 4.34 Å². The summed E-state index contributed by atoms with van der Waals surface area (Å²) in [5.74, 6) is 0.821. The van der Waals surface area contributed by atoms with E-state index in [2.05, 4.69) is 20.5 Å². The highest BCUT2D eigenvalue weighted by Crippen LogP contribution is 2.27. The summed E-state index contributed by atoms with van der Waals surface area (Å²) in [6.07, 6.45) is 0. The van der Waals surface area contributed by atoms with E-state index in [1.54, 1.807) is 6.07 Å². The molecule has 4 aromatic rings. The third kappa shape index (κ3) is 2.42. The molecule has 0 amide bonds. The van der Waals surface area contributed by atoms with Crippen molar-refractivity contribution in [2.24, 2.45) is 0 Å². The normalized spacial score (nSPS) is 11.1. The molecule has 0 fully saturated rings. The summed E-state index contributed by atoms with van der Waals surface area (Å²) in [7, 11) is 0. The zero-order valence-electron chi connectivity index (χ0n) is 11.0. The van der Waals surface area contributed by atoms with Crippen molar-refractivity contribution >= 4 is 34.0 Å². The van der Waals surface area contributed by atoms with E-state index in [1.807, 2.05) is 29.6 Å². The summed E-state index contributed by atoms with van der Waals surface area (Å²) in [6.45, 7) is 0.120. The summed E-state index contributed by atoms with van der Waals surface area (Å²) in [4.78, 5) is 11.1. The molecule has 0 spiro atoms. The van der Waals surface area contributed by atoms with Crippen molar-refractivity contribution in [2.75, 3.05) is 0 Å². The highest BCUT2D eigenvalue weighted by Gasteiger charge is 2.12. The van der Waals surface area contributed by atoms with E-state index < -0.39 is 0 Å². The first-order valence-corrected chi connectivity index (χ1v) is 7.56. The molecule has 0 aliphatic rings. The molecule has 22 heavy (non-hydrogen) atoms. The number of nitrogens with zero attached hydrogens (tertiary/aromatic N) is 5. The minimum absolute atomic E-state index is 0.120. The number of thiophene rings is 1. The first kappa shape index (κ1) is 13.2. The van der Waals surface area contributed by atoms with Gasteiger partial charge in [0.1, 0.15) is 11.0 Å². The van der Waals surface area contributed by atoms with Gasteiger partial charge in [0.25, 0.3) is 5.89 Å². The lowest BCUT2D eigenvalue weighted by molar-refractivity contribution is 0.0697. The maximum atomic E-state index is 5.89. The average molecular weight is 334 g/mol. The van der Waals surface area contributed by atoms with Gasteiger partial charge < -0.3 is 9.36 Å². The van der Waals surface area contributed by atoms with E-state index in [1.165, 1.54) is 16.2 Å². The molecule has 110 valence electrons. The first-order valence-electron chi connectivity index (χ1n) is 6.30. The SMILES string of the molecule is Clc1cc(-c2nc(COn3nnc4ccccc43)no2)cs1. The second kappa shape index (κ2) is 5.39. The minimum Gasteiger partial charge on any atom is -0.387 e. The molecule has 4 rings (SSSR count). The van der Waals surface area contributed by atoms with Crippen LogP contribution < -0.4 is 4.84 Å². The van der Waals surface area contributed by atoms with E-state index in [0.29, 0.717) is 16.1 Å². The molecule has 7 nitrogen and oxygen atoms in total. The van der Waals surface area contributed by atoms with Crippen molar-refractivity contribution in [3.05, 3.63) is 45.9 Å². The van der Waals surface area contributed by atoms with Crippen molar-refractivity contribution in [3.8, 4) is 11.5 Å². The summed E-state index contributed by atoms with van der Waals surface area (Å²) >= 11 is 7.29. The van der Waals surface area contributed by atoms with Crippen LogP contribution in [0, 0.1) is 0 Å². The molecule has 0 saturated carbocycles. The second-order valence-corrected chi connectivity index (χ2v) is 5.92. The fourth-order valence-corrected chi connectivity index (χ4v) is 2.77. The Labute approximate surface area is 133 Å². The van der Waals surface area contributed by atoms with Gasteiger partial charge in [-0.2, -0.15) is 4.98 Å². The number of para-hydroxylation sites is 1. The molecule has 0 saturated heterocycles. The number of benzene rings is 1. The molecule has 0 radical (unpaired) electrons. The van der Waals surface area contributed by atoms with Crippen LogP contribution >= 0.6 is 22.9 Å². The molecule has 0 unspecified atom stereocenters. The van der Waals surface area contributed by atoms with Crippen molar-refractivity contribution in [3.63, 3.8) is 0 Å². The maximum Gasteiger partial charge on any atom is 0.258 e. The van der Waals surface area contributed by atoms with Gasteiger partial charge in [-0.25, -0.2) is 0 Å². The summed E-state index contributed by atoms with van der Waals surface area (Å²) in [5, 5.41) is 13.6. The quantitative estimate of drug-likeness (QED) is 0.571. The molecular formula is C13H8ClN5O2S. The number of rotatable bonds is 4. The van der Waals surface area contributed by atoms with Gasteiger partial charge in [0, 0.05) is 5.38 Å². The van der Waals surface area contributed by atoms with Crippen LogP contribution in [0.5, 0.6) is 0 Å². The standard InChI is InChI=1S/C13H8ClN5O2S/c14-11-5-8(7-22-11)13-15-12(17-21-13)6-20-19-10-4-2-1-3-9(10)16-18-19/h1-5,7H,6H2. The Bertz CT molecular complexity index is 931. The highest BCUT2D eigenvalue weighted by atomic mass is 35.5. The fraction of sp³-hybridized carbons (Fsp3) is 0.0769. The molecule has 9 heteroatoms. The predicted octanol–water partition coefficient (Wildman–Crippen LogP) is 2.83. The zero-order valence-corrected chi connectivity index (χ0v) is 12.6. The average Bonchev–Trinajstić information content (AvgIpc) is 3.24. The Morgan fingerprint density at radius 2 is 2.23 bits per heavy atom. The third-order valence-electron chi connectivity index (χ3n) is 2.92. The molecule has 0 atom stereocenters.